The Hall–Kier alpha value is -3.55. The molecule has 11 nitrogen and oxygen atoms in total. The van der Waals surface area contributed by atoms with E-state index in [1.807, 2.05) is 10.8 Å². The molecule has 2 aromatic rings. The molecule has 14 heteroatoms. The average molecular weight is 512 g/mol. The molecule has 4 heterocycles. The maximum atomic E-state index is 12.7. The van der Waals surface area contributed by atoms with E-state index >= 15 is 0 Å². The number of halogens is 3. The van der Waals surface area contributed by atoms with Gasteiger partial charge < -0.3 is 24.6 Å². The van der Waals surface area contributed by atoms with E-state index < -0.39 is 23.9 Å². The van der Waals surface area contributed by atoms with E-state index in [0.717, 1.165) is 5.82 Å². The van der Waals surface area contributed by atoms with Crippen LogP contribution in [0.1, 0.15) is 43.0 Å². The standard InChI is InChI=1S/C20H26N6O3.C2HF3O2/c1-14(2)11-24-17(27)16-13-26-10-7-23-19(26)20(29-16)3-8-25(9-4-20)18(28)15-12-21-5-6-22-15;3-2(4,5)1(6)7/h5-7,10,12,14,16H,3-4,8-9,11,13H2,1-2H3,(H,24,27);(H,6,7). The number of carbonyl (C=O) groups is 3. The van der Waals surface area contributed by atoms with Crippen molar-refractivity contribution in [2.45, 2.75) is 51.1 Å². The van der Waals surface area contributed by atoms with Crippen LogP contribution in [-0.2, 0) is 26.5 Å². The number of carbonyl (C=O) groups excluding carboxylic acids is 2. The summed E-state index contributed by atoms with van der Waals surface area (Å²) in [5, 5.41) is 10.1. The molecule has 2 aliphatic heterocycles. The highest BCUT2D eigenvalue weighted by atomic mass is 19.4. The van der Waals surface area contributed by atoms with Crippen LogP contribution in [0.3, 0.4) is 0 Å². The molecular weight excluding hydrogens is 485 g/mol. The third-order valence-electron chi connectivity index (χ3n) is 5.71. The maximum absolute atomic E-state index is 12.7. The van der Waals surface area contributed by atoms with Gasteiger partial charge in [-0.15, -0.1) is 0 Å². The molecule has 0 bridgehead atoms. The molecular formula is C22H27F3N6O5. The van der Waals surface area contributed by atoms with Crippen molar-refractivity contribution in [3.8, 4) is 0 Å². The fourth-order valence-electron chi connectivity index (χ4n) is 3.94. The Balaban J connectivity index is 0.000000454. The Bertz CT molecular complexity index is 1070. The van der Waals surface area contributed by atoms with Gasteiger partial charge >= 0.3 is 12.1 Å². The number of aromatic nitrogens is 4. The quantitative estimate of drug-likeness (QED) is 0.630. The van der Waals surface area contributed by atoms with E-state index in [4.69, 9.17) is 14.6 Å². The second-order valence-corrected chi connectivity index (χ2v) is 8.83. The molecule has 1 spiro atoms. The maximum Gasteiger partial charge on any atom is 0.490 e. The highest BCUT2D eigenvalue weighted by Gasteiger charge is 2.47. The molecule has 36 heavy (non-hydrogen) atoms. The average Bonchev–Trinajstić information content (AvgIpc) is 3.33. The summed E-state index contributed by atoms with van der Waals surface area (Å²) in [6.07, 6.45) is 3.66. The summed E-state index contributed by atoms with van der Waals surface area (Å²) < 4.78 is 40.1. The number of carboxylic acids is 1. The molecule has 0 radical (unpaired) electrons. The van der Waals surface area contributed by atoms with Crippen LogP contribution in [0, 0.1) is 5.92 Å². The van der Waals surface area contributed by atoms with E-state index in [2.05, 4.69) is 34.1 Å². The Morgan fingerprint density at radius 3 is 2.42 bits per heavy atom. The number of nitrogens with zero attached hydrogens (tertiary/aromatic N) is 5. The van der Waals surface area contributed by atoms with Crippen LogP contribution in [0.15, 0.2) is 31.0 Å². The van der Waals surface area contributed by atoms with Gasteiger partial charge in [-0.3, -0.25) is 14.6 Å². The number of imidazole rings is 1. The zero-order valence-corrected chi connectivity index (χ0v) is 19.7. The summed E-state index contributed by atoms with van der Waals surface area (Å²) in [5.41, 5.74) is -0.332. The monoisotopic (exact) mass is 512 g/mol. The van der Waals surface area contributed by atoms with Crippen molar-refractivity contribution in [2.75, 3.05) is 19.6 Å². The molecule has 0 saturated carbocycles. The van der Waals surface area contributed by atoms with Gasteiger partial charge in [-0.1, -0.05) is 13.8 Å². The number of alkyl halides is 3. The molecule has 2 N–H and O–H groups in total. The van der Waals surface area contributed by atoms with Gasteiger partial charge in [0.15, 0.2) is 6.10 Å². The smallest absolute Gasteiger partial charge is 0.475 e. The minimum atomic E-state index is -5.08. The topological polar surface area (TPSA) is 140 Å². The van der Waals surface area contributed by atoms with Crippen LogP contribution in [0.5, 0.6) is 0 Å². The molecule has 0 aromatic carbocycles. The number of piperidine rings is 1. The van der Waals surface area contributed by atoms with Gasteiger partial charge in [0.05, 0.1) is 12.7 Å². The van der Waals surface area contributed by atoms with Gasteiger partial charge in [0.2, 0.25) is 0 Å². The molecule has 0 aliphatic carbocycles. The fraction of sp³-hybridized carbons (Fsp3) is 0.545. The highest BCUT2D eigenvalue weighted by molar-refractivity contribution is 5.92. The van der Waals surface area contributed by atoms with E-state index in [0.29, 0.717) is 50.6 Å². The third-order valence-corrected chi connectivity index (χ3v) is 5.71. The predicted octanol–water partition coefficient (Wildman–Crippen LogP) is 1.61. The summed E-state index contributed by atoms with van der Waals surface area (Å²) in [5.74, 6) is -1.80. The number of rotatable bonds is 4. The SMILES string of the molecule is CC(C)CNC(=O)C1Cn2ccnc2C2(CCN(C(=O)c3cnccn3)CC2)O1.O=C(O)C(F)(F)F. The van der Waals surface area contributed by atoms with E-state index in [1.54, 1.807) is 17.3 Å². The van der Waals surface area contributed by atoms with Crippen molar-refractivity contribution >= 4 is 17.8 Å². The fourth-order valence-corrected chi connectivity index (χ4v) is 3.94. The lowest BCUT2D eigenvalue weighted by Gasteiger charge is -2.45. The van der Waals surface area contributed by atoms with Gasteiger partial charge in [-0.2, -0.15) is 13.2 Å². The number of amides is 2. The second kappa shape index (κ2) is 11.0. The van der Waals surface area contributed by atoms with Crippen molar-refractivity contribution in [1.29, 1.82) is 0 Å². The van der Waals surface area contributed by atoms with Crippen molar-refractivity contribution < 1.29 is 37.4 Å². The first-order chi connectivity index (χ1) is 16.9. The van der Waals surface area contributed by atoms with Crippen LogP contribution in [0.4, 0.5) is 13.2 Å². The lowest BCUT2D eigenvalue weighted by Crippen LogP contribution is -2.55. The Labute approximate surface area is 204 Å². The molecule has 4 rings (SSSR count). The molecule has 2 aromatic heterocycles. The van der Waals surface area contributed by atoms with Crippen molar-refractivity contribution in [3.05, 3.63) is 42.5 Å². The van der Waals surface area contributed by atoms with Gasteiger partial charge in [-0.05, 0) is 5.92 Å². The van der Waals surface area contributed by atoms with Crippen molar-refractivity contribution in [1.82, 2.24) is 29.7 Å². The van der Waals surface area contributed by atoms with Gasteiger partial charge in [0.1, 0.15) is 17.1 Å². The summed E-state index contributed by atoms with van der Waals surface area (Å²) in [6, 6.07) is 0. The van der Waals surface area contributed by atoms with Gasteiger partial charge in [0, 0.05) is 57.3 Å². The van der Waals surface area contributed by atoms with E-state index in [-0.39, 0.29) is 11.8 Å². The number of carboxylic acid groups (broad SMARTS) is 1. The summed E-state index contributed by atoms with van der Waals surface area (Å²) in [4.78, 5) is 48.6. The normalized spacial score (nSPS) is 18.7. The molecule has 2 amide bonds. The number of ether oxygens (including phenoxy) is 1. The third kappa shape index (κ3) is 6.36. The predicted molar refractivity (Wildman–Crippen MR) is 117 cm³/mol. The van der Waals surface area contributed by atoms with E-state index in [1.165, 1.54) is 12.4 Å². The van der Waals surface area contributed by atoms with Crippen LogP contribution >= 0.6 is 0 Å². The molecule has 1 saturated heterocycles. The van der Waals surface area contributed by atoms with Crippen molar-refractivity contribution in [3.63, 3.8) is 0 Å². The van der Waals surface area contributed by atoms with Crippen LogP contribution in [0.2, 0.25) is 0 Å². The first-order valence-electron chi connectivity index (χ1n) is 11.3. The summed E-state index contributed by atoms with van der Waals surface area (Å²) >= 11 is 0. The Kier molecular flexibility index (Phi) is 8.28. The first-order valence-corrected chi connectivity index (χ1v) is 11.3. The molecule has 1 unspecified atom stereocenters. The highest BCUT2D eigenvalue weighted by Crippen LogP contribution is 2.40. The van der Waals surface area contributed by atoms with Crippen LogP contribution < -0.4 is 5.32 Å². The molecule has 196 valence electrons. The van der Waals surface area contributed by atoms with Crippen LogP contribution in [0.25, 0.3) is 0 Å². The summed E-state index contributed by atoms with van der Waals surface area (Å²) in [6.45, 7) is 6.18. The minimum Gasteiger partial charge on any atom is -0.475 e. The Morgan fingerprint density at radius 1 is 1.19 bits per heavy atom. The summed E-state index contributed by atoms with van der Waals surface area (Å²) in [7, 11) is 0. The van der Waals surface area contributed by atoms with E-state index in [9.17, 15) is 22.8 Å². The van der Waals surface area contributed by atoms with Crippen molar-refractivity contribution in [2.24, 2.45) is 5.92 Å². The van der Waals surface area contributed by atoms with Gasteiger partial charge in [0.25, 0.3) is 11.8 Å². The number of hydrogen-bond acceptors (Lipinski definition) is 7. The number of fused-ring (bicyclic) bond motifs is 2. The Morgan fingerprint density at radius 2 is 1.86 bits per heavy atom. The first kappa shape index (κ1) is 27.0. The molecule has 1 fully saturated rings. The minimum absolute atomic E-state index is 0.101. The largest absolute Gasteiger partial charge is 0.490 e. The number of hydrogen-bond donors (Lipinski definition) is 2. The van der Waals surface area contributed by atoms with Crippen LogP contribution in [-0.4, -0.2) is 79.2 Å². The molecule has 2 aliphatic rings. The zero-order valence-electron chi connectivity index (χ0n) is 19.7. The lowest BCUT2D eigenvalue weighted by atomic mass is 9.88. The zero-order chi connectivity index (χ0) is 26.5. The molecule has 1 atom stereocenters. The lowest BCUT2D eigenvalue weighted by molar-refractivity contribution is -0.192. The number of likely N-dealkylation sites (tertiary alicyclic amines) is 1. The second-order valence-electron chi connectivity index (χ2n) is 8.83. The number of aliphatic carboxylic acids is 1. The number of nitrogens with one attached hydrogen (secondary N) is 1. The van der Waals surface area contributed by atoms with Gasteiger partial charge in [-0.25, -0.2) is 14.8 Å².